The van der Waals surface area contributed by atoms with E-state index in [0.717, 1.165) is 38.2 Å². The molecule has 26 heavy (non-hydrogen) atoms. The van der Waals surface area contributed by atoms with E-state index in [-0.39, 0.29) is 6.04 Å². The summed E-state index contributed by atoms with van der Waals surface area (Å²) in [6.07, 6.45) is -2.71. The third kappa shape index (κ3) is 2.86. The third-order valence-corrected chi connectivity index (χ3v) is 5.51. The van der Waals surface area contributed by atoms with Crippen molar-refractivity contribution < 1.29 is 13.2 Å². The summed E-state index contributed by atoms with van der Waals surface area (Å²) in [5.41, 5.74) is 0.498. The molecule has 3 heterocycles. The lowest BCUT2D eigenvalue weighted by Gasteiger charge is -2.37. The number of nitrogens with one attached hydrogen (secondary N) is 1. The van der Waals surface area contributed by atoms with E-state index in [9.17, 15) is 13.2 Å². The predicted molar refractivity (Wildman–Crippen MR) is 94.4 cm³/mol. The second-order valence-corrected chi connectivity index (χ2v) is 7.16. The molecule has 0 spiro atoms. The van der Waals surface area contributed by atoms with Crippen LogP contribution in [0.3, 0.4) is 0 Å². The molecule has 3 aliphatic heterocycles. The van der Waals surface area contributed by atoms with E-state index in [0.29, 0.717) is 23.1 Å². The van der Waals surface area contributed by atoms with Crippen molar-refractivity contribution in [1.29, 1.82) is 0 Å². The number of guanidine groups is 1. The van der Waals surface area contributed by atoms with Crippen LogP contribution in [0.15, 0.2) is 28.3 Å². The van der Waals surface area contributed by atoms with Gasteiger partial charge in [-0.1, -0.05) is 0 Å². The van der Waals surface area contributed by atoms with E-state index < -0.39 is 11.7 Å². The number of hydrazone groups is 1. The van der Waals surface area contributed by atoms with E-state index >= 15 is 0 Å². The van der Waals surface area contributed by atoms with Gasteiger partial charge in [0, 0.05) is 38.0 Å². The van der Waals surface area contributed by atoms with E-state index in [2.05, 4.69) is 15.3 Å². The summed E-state index contributed by atoms with van der Waals surface area (Å²) in [5, 5.41) is 9.57. The van der Waals surface area contributed by atoms with Gasteiger partial charge < -0.3 is 10.2 Å². The van der Waals surface area contributed by atoms with Gasteiger partial charge in [-0.05, 0) is 43.9 Å². The monoisotopic (exact) mass is 365 g/mol. The van der Waals surface area contributed by atoms with E-state index in [4.69, 9.17) is 4.99 Å². The number of rotatable bonds is 1. The summed E-state index contributed by atoms with van der Waals surface area (Å²) < 4.78 is 39.3. The SMILES string of the molecule is C/C=N\N1C(N2CC3CNCC3C2)=Nc2ccc(C(F)(F)F)cc2C1C. The minimum Gasteiger partial charge on any atom is -0.340 e. The highest BCUT2D eigenvalue weighted by Crippen LogP contribution is 2.40. The van der Waals surface area contributed by atoms with E-state index in [1.807, 2.05) is 6.92 Å². The molecule has 3 unspecified atom stereocenters. The molecule has 3 aliphatic rings. The maximum Gasteiger partial charge on any atom is 0.416 e. The lowest BCUT2D eigenvalue weighted by atomic mass is 10.0. The number of nitrogens with zero attached hydrogens (tertiary/aromatic N) is 4. The maximum atomic E-state index is 13.1. The molecule has 5 nitrogen and oxygen atoms in total. The number of benzene rings is 1. The number of alkyl halides is 3. The second-order valence-electron chi connectivity index (χ2n) is 7.16. The van der Waals surface area contributed by atoms with Gasteiger partial charge in [0.15, 0.2) is 0 Å². The molecule has 140 valence electrons. The van der Waals surface area contributed by atoms with Gasteiger partial charge in [-0.25, -0.2) is 10.0 Å². The fourth-order valence-corrected chi connectivity index (χ4v) is 4.14. The van der Waals surface area contributed by atoms with E-state index in [1.54, 1.807) is 18.1 Å². The van der Waals surface area contributed by atoms with Crippen molar-refractivity contribution in [2.75, 3.05) is 26.2 Å². The Bertz CT molecular complexity index is 746. The Balaban J connectivity index is 1.72. The summed E-state index contributed by atoms with van der Waals surface area (Å²) in [6.45, 7) is 7.48. The topological polar surface area (TPSA) is 43.2 Å². The number of likely N-dealkylation sites (tertiary alicyclic amines) is 1. The van der Waals surface area contributed by atoms with Crippen molar-refractivity contribution in [2.24, 2.45) is 21.9 Å². The molecule has 8 heteroatoms. The molecule has 3 atom stereocenters. The molecule has 0 saturated carbocycles. The Morgan fingerprint density at radius 3 is 2.54 bits per heavy atom. The fourth-order valence-electron chi connectivity index (χ4n) is 4.14. The molecule has 0 radical (unpaired) electrons. The molecule has 0 aromatic heterocycles. The first-order valence-electron chi connectivity index (χ1n) is 8.92. The Hall–Kier alpha value is -2.09. The first-order valence-corrected chi connectivity index (χ1v) is 8.92. The van der Waals surface area contributed by atoms with Gasteiger partial charge in [0.1, 0.15) is 0 Å². The summed E-state index contributed by atoms with van der Waals surface area (Å²) in [4.78, 5) is 6.92. The molecule has 2 fully saturated rings. The zero-order valence-corrected chi connectivity index (χ0v) is 14.8. The molecule has 1 aromatic rings. The van der Waals surface area contributed by atoms with Gasteiger partial charge in [0.25, 0.3) is 0 Å². The summed E-state index contributed by atoms with van der Waals surface area (Å²) in [7, 11) is 0. The Kier molecular flexibility index (Phi) is 4.17. The highest BCUT2D eigenvalue weighted by Gasteiger charge is 2.41. The average Bonchev–Trinajstić information content (AvgIpc) is 3.18. The van der Waals surface area contributed by atoms with Crippen LogP contribution in [-0.4, -0.2) is 48.3 Å². The molecule has 2 saturated heterocycles. The molecule has 0 bridgehead atoms. The predicted octanol–water partition coefficient (Wildman–Crippen LogP) is 3.23. The first kappa shape index (κ1) is 17.3. The molecule has 1 aromatic carbocycles. The Morgan fingerprint density at radius 2 is 1.92 bits per heavy atom. The average molecular weight is 365 g/mol. The highest BCUT2D eigenvalue weighted by molar-refractivity contribution is 5.86. The number of hydrogen-bond acceptors (Lipinski definition) is 5. The van der Waals surface area contributed by atoms with Gasteiger partial charge in [-0.2, -0.15) is 18.3 Å². The highest BCUT2D eigenvalue weighted by atomic mass is 19.4. The molecular weight excluding hydrogens is 343 g/mol. The molecule has 4 rings (SSSR count). The van der Waals surface area contributed by atoms with Crippen LogP contribution in [0.2, 0.25) is 0 Å². The largest absolute Gasteiger partial charge is 0.416 e. The van der Waals surface area contributed by atoms with Crippen molar-refractivity contribution in [3.05, 3.63) is 29.3 Å². The fraction of sp³-hybridized carbons (Fsp3) is 0.556. The number of halogens is 3. The zero-order chi connectivity index (χ0) is 18.5. The molecule has 0 amide bonds. The van der Waals surface area contributed by atoms with E-state index in [1.165, 1.54) is 12.1 Å². The lowest BCUT2D eigenvalue weighted by molar-refractivity contribution is -0.137. The van der Waals surface area contributed by atoms with Gasteiger partial charge in [-0.3, -0.25) is 0 Å². The molecule has 1 N–H and O–H groups in total. The Morgan fingerprint density at radius 1 is 1.23 bits per heavy atom. The number of fused-ring (bicyclic) bond motifs is 2. The van der Waals surface area contributed by atoms with Gasteiger partial charge in [0.05, 0.1) is 17.3 Å². The van der Waals surface area contributed by atoms with Gasteiger partial charge >= 0.3 is 6.18 Å². The van der Waals surface area contributed by atoms with Crippen molar-refractivity contribution in [3.63, 3.8) is 0 Å². The van der Waals surface area contributed by atoms with Crippen molar-refractivity contribution >= 4 is 17.9 Å². The van der Waals surface area contributed by atoms with Crippen molar-refractivity contribution in [2.45, 2.75) is 26.1 Å². The summed E-state index contributed by atoms with van der Waals surface area (Å²) in [6, 6.07) is 3.46. The first-order chi connectivity index (χ1) is 12.4. The minimum absolute atomic E-state index is 0.311. The van der Waals surface area contributed by atoms with Crippen LogP contribution in [0.5, 0.6) is 0 Å². The molecule has 0 aliphatic carbocycles. The number of aliphatic imine (C=N–C) groups is 1. The third-order valence-electron chi connectivity index (χ3n) is 5.51. The van der Waals surface area contributed by atoms with Crippen LogP contribution >= 0.6 is 0 Å². The van der Waals surface area contributed by atoms with Gasteiger partial charge in [-0.15, -0.1) is 0 Å². The van der Waals surface area contributed by atoms with Crippen molar-refractivity contribution in [3.8, 4) is 0 Å². The molecular formula is C18H22F3N5. The van der Waals surface area contributed by atoms with Crippen LogP contribution in [0.4, 0.5) is 18.9 Å². The van der Waals surface area contributed by atoms with Crippen LogP contribution in [0.1, 0.15) is 31.0 Å². The van der Waals surface area contributed by atoms with Crippen LogP contribution < -0.4 is 5.32 Å². The summed E-state index contributed by atoms with van der Waals surface area (Å²) >= 11 is 0. The number of hydrogen-bond donors (Lipinski definition) is 1. The van der Waals surface area contributed by atoms with Gasteiger partial charge in [0.2, 0.25) is 5.96 Å². The quantitative estimate of drug-likeness (QED) is 0.777. The maximum absolute atomic E-state index is 13.1. The minimum atomic E-state index is -4.36. The van der Waals surface area contributed by atoms with Crippen LogP contribution in [0.25, 0.3) is 0 Å². The van der Waals surface area contributed by atoms with Crippen LogP contribution in [0, 0.1) is 11.8 Å². The van der Waals surface area contributed by atoms with Crippen LogP contribution in [-0.2, 0) is 6.18 Å². The summed E-state index contributed by atoms with van der Waals surface area (Å²) in [5.74, 6) is 1.92. The smallest absolute Gasteiger partial charge is 0.340 e. The standard InChI is InChI=1S/C18H22F3N5/c1-3-23-26-11(2)15-6-14(18(19,20)21)4-5-16(15)24-17(26)25-9-12-7-22-8-13(12)10-25/h3-6,11-13,22H,7-10H2,1-2H3/b23-3-. The zero-order valence-electron chi connectivity index (χ0n) is 14.8. The normalized spacial score (nSPS) is 28.5. The second kappa shape index (κ2) is 6.26. The Labute approximate surface area is 150 Å². The van der Waals surface area contributed by atoms with Crippen molar-refractivity contribution in [1.82, 2.24) is 15.2 Å². The lowest BCUT2D eigenvalue weighted by Crippen LogP contribution is -2.44.